The summed E-state index contributed by atoms with van der Waals surface area (Å²) >= 11 is 0. The van der Waals surface area contributed by atoms with Crippen molar-refractivity contribution in [2.45, 2.75) is 24.0 Å². The molecular weight excluding hydrogens is 703 g/mol. The molecule has 0 amide bonds. The van der Waals surface area contributed by atoms with E-state index in [1.54, 1.807) is 74.4 Å². The molecule has 0 aliphatic carbocycles. The van der Waals surface area contributed by atoms with E-state index in [4.69, 9.17) is 4.74 Å². The van der Waals surface area contributed by atoms with Crippen LogP contribution in [0, 0.1) is 0 Å². The largest absolute Gasteiger partial charge is 0.387 e. The molecule has 1 saturated heterocycles. The van der Waals surface area contributed by atoms with E-state index in [1.807, 2.05) is 96.9 Å². The Morgan fingerprint density at radius 1 is 0.536 bits per heavy atom. The van der Waals surface area contributed by atoms with Crippen LogP contribution in [0.2, 0.25) is 0 Å². The lowest BCUT2D eigenvalue weighted by Crippen LogP contribution is -2.37. The highest BCUT2D eigenvalue weighted by Crippen LogP contribution is 2.41. The second-order valence-corrected chi connectivity index (χ2v) is 13.2. The van der Waals surface area contributed by atoms with Gasteiger partial charge in [0.1, 0.15) is 11.6 Å². The van der Waals surface area contributed by atoms with Gasteiger partial charge in [-0.05, 0) is 70.8 Å². The fourth-order valence-electron chi connectivity index (χ4n) is 6.99. The minimum absolute atomic E-state index is 0.281. The summed E-state index contributed by atoms with van der Waals surface area (Å²) in [5.74, 6) is 0.871. The Morgan fingerprint density at radius 2 is 0.964 bits per heavy atom. The number of pyridine rings is 7. The van der Waals surface area contributed by atoms with Crippen molar-refractivity contribution in [2.75, 3.05) is 43.2 Å². The summed E-state index contributed by atoms with van der Waals surface area (Å²) in [5.41, 5.74) is 6.11. The Bertz CT molecular complexity index is 2140. The highest BCUT2D eigenvalue weighted by atomic mass is 16.5. The number of nitrogens with zero attached hydrogens (tertiary/aromatic N) is 9. The summed E-state index contributed by atoms with van der Waals surface area (Å²) in [7, 11) is 1.92. The van der Waals surface area contributed by atoms with Crippen molar-refractivity contribution in [3.8, 4) is 0 Å². The van der Waals surface area contributed by atoms with Gasteiger partial charge in [-0.15, -0.1) is 0 Å². The molecule has 8 heterocycles. The summed E-state index contributed by atoms with van der Waals surface area (Å²) in [6, 6.07) is 26.8. The van der Waals surface area contributed by atoms with Crippen LogP contribution in [0.3, 0.4) is 0 Å². The molecule has 0 aromatic carbocycles. The predicted octanol–water partition coefficient (Wildman–Crippen LogP) is 6.47. The monoisotopic (exact) mass is 745 g/mol. The smallest absolute Gasteiger partial charge is 0.138 e. The molecule has 0 bridgehead atoms. The Balaban J connectivity index is 0.000000172. The molecule has 1 aliphatic heterocycles. The second kappa shape index (κ2) is 18.7. The van der Waals surface area contributed by atoms with Gasteiger partial charge in [0.2, 0.25) is 0 Å². The van der Waals surface area contributed by atoms with Crippen LogP contribution >= 0.6 is 0 Å². The van der Waals surface area contributed by atoms with Gasteiger partial charge in [0.05, 0.1) is 37.3 Å². The van der Waals surface area contributed by atoms with Crippen LogP contribution in [0.5, 0.6) is 0 Å². The van der Waals surface area contributed by atoms with Crippen LogP contribution in [-0.2, 0) is 4.74 Å². The number of hydrogen-bond acceptors (Lipinski definition) is 12. The summed E-state index contributed by atoms with van der Waals surface area (Å²) < 4.78 is 5.46. The number of rotatable bonds is 11. The van der Waals surface area contributed by atoms with E-state index in [1.165, 1.54) is 0 Å². The highest BCUT2D eigenvalue weighted by Gasteiger charge is 2.30. The van der Waals surface area contributed by atoms with Gasteiger partial charge in [0, 0.05) is 111 Å². The fourth-order valence-corrected chi connectivity index (χ4v) is 6.99. The number of anilines is 3. The van der Waals surface area contributed by atoms with Crippen LogP contribution in [0.25, 0.3) is 0 Å². The van der Waals surface area contributed by atoms with Gasteiger partial charge in [-0.2, -0.15) is 0 Å². The zero-order valence-corrected chi connectivity index (χ0v) is 31.0. The normalized spacial score (nSPS) is 13.8. The molecule has 56 heavy (non-hydrogen) atoms. The van der Waals surface area contributed by atoms with Gasteiger partial charge in [0.15, 0.2) is 0 Å². The van der Waals surface area contributed by atoms with Crippen molar-refractivity contribution < 1.29 is 14.9 Å². The van der Waals surface area contributed by atoms with Crippen LogP contribution in [-0.4, -0.2) is 78.5 Å². The standard InChI is InChI=1S/C23H21N5O.C21H22N4O2/c1-28(19-8-4-12-26-16-19)23-20(9-5-13-27-23)22(29)21(17-6-2-10-24-14-17)18-7-3-11-25-15-18;26-20(18-6-3-9-24-21(18)25-10-12-27-13-11-25)19(16-4-1-7-22-14-16)17-5-2-8-23-15-17/h2-16,21-22,29H,1H3;1-9,14-15,19-20,26H,10-13H2. The van der Waals surface area contributed by atoms with E-state index in [9.17, 15) is 10.2 Å². The maximum atomic E-state index is 11.5. The second-order valence-electron chi connectivity index (χ2n) is 13.2. The number of morpholine rings is 1. The number of aliphatic hydroxyl groups is 2. The molecule has 0 radical (unpaired) electrons. The quantitative estimate of drug-likeness (QED) is 0.150. The van der Waals surface area contributed by atoms with Gasteiger partial charge < -0.3 is 24.7 Å². The van der Waals surface area contributed by atoms with Crippen molar-refractivity contribution >= 4 is 17.3 Å². The maximum Gasteiger partial charge on any atom is 0.138 e. The van der Waals surface area contributed by atoms with E-state index in [2.05, 4.69) is 39.8 Å². The van der Waals surface area contributed by atoms with E-state index in [-0.39, 0.29) is 11.8 Å². The molecule has 0 saturated carbocycles. The minimum atomic E-state index is -0.841. The third kappa shape index (κ3) is 8.90. The molecule has 2 N–H and O–H groups in total. The fraction of sp³-hybridized carbons (Fsp3) is 0.205. The summed E-state index contributed by atoms with van der Waals surface area (Å²) in [4.78, 5) is 34.4. The van der Waals surface area contributed by atoms with Crippen LogP contribution in [0.4, 0.5) is 17.3 Å². The zero-order chi connectivity index (χ0) is 38.5. The van der Waals surface area contributed by atoms with Crippen molar-refractivity contribution in [3.05, 3.63) is 193 Å². The molecule has 1 aliphatic rings. The number of aromatic nitrogens is 7. The maximum absolute atomic E-state index is 11.5. The van der Waals surface area contributed by atoms with E-state index in [0.717, 1.165) is 58.0 Å². The molecule has 7 aromatic rings. The Labute approximate surface area is 326 Å². The average molecular weight is 746 g/mol. The molecule has 1 fully saturated rings. The Hall–Kier alpha value is -6.47. The topological polar surface area (TPSA) is 146 Å². The third-order valence-corrected chi connectivity index (χ3v) is 9.74. The first kappa shape index (κ1) is 37.8. The molecule has 7 aromatic heterocycles. The van der Waals surface area contributed by atoms with Gasteiger partial charge in [0.25, 0.3) is 0 Å². The van der Waals surface area contributed by atoms with Gasteiger partial charge in [-0.3, -0.25) is 24.9 Å². The SMILES string of the molecule is CN(c1cccnc1)c1ncccc1C(O)C(c1cccnc1)c1cccnc1.OC(c1cccnc1N1CCOCC1)C(c1cccnc1)c1cccnc1. The van der Waals surface area contributed by atoms with E-state index >= 15 is 0 Å². The lowest BCUT2D eigenvalue weighted by Gasteiger charge is -2.32. The molecule has 0 spiro atoms. The summed E-state index contributed by atoms with van der Waals surface area (Å²) in [5, 5.41) is 23.0. The minimum Gasteiger partial charge on any atom is -0.387 e. The van der Waals surface area contributed by atoms with Crippen LogP contribution in [0.1, 0.15) is 57.4 Å². The number of hydrogen-bond donors (Lipinski definition) is 2. The summed E-state index contributed by atoms with van der Waals surface area (Å²) in [6.07, 6.45) is 19.4. The molecule has 2 unspecified atom stereocenters. The molecular formula is C44H43N9O3. The van der Waals surface area contributed by atoms with E-state index < -0.39 is 12.2 Å². The summed E-state index contributed by atoms with van der Waals surface area (Å²) in [6.45, 7) is 2.86. The van der Waals surface area contributed by atoms with Gasteiger partial charge in [-0.25, -0.2) is 9.97 Å². The van der Waals surface area contributed by atoms with Crippen molar-refractivity contribution in [1.82, 2.24) is 34.9 Å². The first-order valence-electron chi connectivity index (χ1n) is 18.4. The average Bonchev–Trinajstić information content (AvgIpc) is 3.28. The Kier molecular flexibility index (Phi) is 12.6. The highest BCUT2D eigenvalue weighted by molar-refractivity contribution is 5.62. The lowest BCUT2D eigenvalue weighted by molar-refractivity contribution is 0.121. The van der Waals surface area contributed by atoms with Crippen LogP contribution < -0.4 is 9.80 Å². The zero-order valence-electron chi connectivity index (χ0n) is 31.0. The molecule has 8 rings (SSSR count). The van der Waals surface area contributed by atoms with Gasteiger partial charge in [-0.1, -0.05) is 36.4 Å². The molecule has 282 valence electrons. The first-order chi connectivity index (χ1) is 27.6. The van der Waals surface area contributed by atoms with E-state index in [0.29, 0.717) is 19.0 Å². The number of ether oxygens (including phenoxy) is 1. The third-order valence-electron chi connectivity index (χ3n) is 9.74. The molecule has 12 heteroatoms. The first-order valence-corrected chi connectivity index (χ1v) is 18.4. The van der Waals surface area contributed by atoms with Crippen molar-refractivity contribution in [2.24, 2.45) is 0 Å². The van der Waals surface area contributed by atoms with Crippen molar-refractivity contribution in [1.29, 1.82) is 0 Å². The Morgan fingerprint density at radius 3 is 1.43 bits per heavy atom. The van der Waals surface area contributed by atoms with Crippen LogP contribution in [0.15, 0.2) is 159 Å². The van der Waals surface area contributed by atoms with Crippen molar-refractivity contribution in [3.63, 3.8) is 0 Å². The van der Waals surface area contributed by atoms with Gasteiger partial charge >= 0.3 is 0 Å². The number of aliphatic hydroxyl groups excluding tert-OH is 2. The lowest BCUT2D eigenvalue weighted by atomic mass is 9.85. The predicted molar refractivity (Wildman–Crippen MR) is 214 cm³/mol. The molecule has 2 atom stereocenters. The molecule has 12 nitrogen and oxygen atoms in total.